The minimum atomic E-state index is -3.62. The van der Waals surface area contributed by atoms with Crippen LogP contribution in [0.2, 0.25) is 0 Å². The molecule has 0 radical (unpaired) electrons. The van der Waals surface area contributed by atoms with Crippen molar-refractivity contribution in [2.45, 2.75) is 81.0 Å². The Kier molecular flexibility index (Phi) is 6.17. The van der Waals surface area contributed by atoms with Crippen LogP contribution in [0, 0.1) is 17.8 Å². The number of carbonyl (C=O) groups excluding carboxylic acids is 4. The fourth-order valence-electron chi connectivity index (χ4n) is 5.58. The first kappa shape index (κ1) is 22.7. The number of likely N-dealkylation sites (tertiary alicyclic amines) is 1. The van der Waals surface area contributed by atoms with Gasteiger partial charge in [-0.05, 0) is 44.4 Å². The third-order valence-corrected chi connectivity index (χ3v) is 10.1. The van der Waals surface area contributed by atoms with Gasteiger partial charge in [0, 0.05) is 17.8 Å². The van der Waals surface area contributed by atoms with Gasteiger partial charge in [0.25, 0.3) is 0 Å². The molecule has 0 aromatic carbocycles. The second kappa shape index (κ2) is 8.44. The number of sulfonamides is 1. The zero-order valence-electron chi connectivity index (χ0n) is 17.4. The standard InChI is InChI=1S/C20H28ClN3O6S/c1-10-14(21)3-2-4-16(10)31(29,30)23-11-5-6-12-13(9-11)20(28)24(19(12)27)15-7-8-17(25)22-18(15)26/h10-16,23H,2-9H2,1H3,(H,22,25,26). The number of hydrogen-bond donors (Lipinski definition) is 2. The number of hydrogen-bond acceptors (Lipinski definition) is 6. The van der Waals surface area contributed by atoms with E-state index in [2.05, 4.69) is 10.0 Å². The first-order chi connectivity index (χ1) is 14.6. The monoisotopic (exact) mass is 473 g/mol. The van der Waals surface area contributed by atoms with Crippen molar-refractivity contribution in [1.82, 2.24) is 14.9 Å². The molecule has 4 aliphatic rings. The van der Waals surface area contributed by atoms with Gasteiger partial charge in [0.05, 0.1) is 17.1 Å². The van der Waals surface area contributed by atoms with Gasteiger partial charge in [-0.3, -0.25) is 29.4 Å². The lowest BCUT2D eigenvalue weighted by atomic mass is 9.79. The van der Waals surface area contributed by atoms with Gasteiger partial charge < -0.3 is 0 Å². The van der Waals surface area contributed by atoms with Gasteiger partial charge in [0.1, 0.15) is 6.04 Å². The fourth-order valence-corrected chi connectivity index (χ4v) is 8.08. The number of fused-ring (bicyclic) bond motifs is 1. The molecule has 31 heavy (non-hydrogen) atoms. The van der Waals surface area contributed by atoms with Crippen LogP contribution in [0.15, 0.2) is 0 Å². The Bertz CT molecular complexity index is 909. The highest BCUT2D eigenvalue weighted by Crippen LogP contribution is 2.41. The molecule has 7 unspecified atom stereocenters. The number of imide groups is 2. The Balaban J connectivity index is 1.45. The maximum Gasteiger partial charge on any atom is 0.249 e. The molecule has 2 saturated heterocycles. The van der Waals surface area contributed by atoms with Crippen molar-refractivity contribution in [1.29, 1.82) is 0 Å². The van der Waals surface area contributed by atoms with Crippen molar-refractivity contribution in [3.8, 4) is 0 Å². The molecule has 2 saturated carbocycles. The Morgan fingerprint density at radius 2 is 1.71 bits per heavy atom. The molecular formula is C20H28ClN3O6S. The van der Waals surface area contributed by atoms with Crippen LogP contribution in [-0.2, 0) is 29.2 Å². The van der Waals surface area contributed by atoms with Crippen molar-refractivity contribution in [2.24, 2.45) is 17.8 Å². The van der Waals surface area contributed by atoms with Crippen LogP contribution in [0.4, 0.5) is 0 Å². The van der Waals surface area contributed by atoms with E-state index in [0.717, 1.165) is 17.7 Å². The summed E-state index contributed by atoms with van der Waals surface area (Å²) in [5, 5.41) is 1.44. The van der Waals surface area contributed by atoms with E-state index in [9.17, 15) is 27.6 Å². The van der Waals surface area contributed by atoms with Gasteiger partial charge in [0.15, 0.2) is 0 Å². The van der Waals surface area contributed by atoms with Crippen LogP contribution in [0.25, 0.3) is 0 Å². The summed E-state index contributed by atoms with van der Waals surface area (Å²) in [5.41, 5.74) is 0. The number of amides is 4. The molecule has 0 spiro atoms. The molecule has 172 valence electrons. The van der Waals surface area contributed by atoms with Crippen LogP contribution in [0.5, 0.6) is 0 Å². The fraction of sp³-hybridized carbons (Fsp3) is 0.800. The molecular weight excluding hydrogens is 446 g/mol. The van der Waals surface area contributed by atoms with Crippen LogP contribution >= 0.6 is 11.6 Å². The van der Waals surface area contributed by atoms with E-state index in [-0.39, 0.29) is 30.6 Å². The Morgan fingerprint density at radius 1 is 1.00 bits per heavy atom. The number of carbonyl (C=O) groups is 4. The first-order valence-electron chi connectivity index (χ1n) is 11.0. The number of piperidine rings is 1. The summed E-state index contributed by atoms with van der Waals surface area (Å²) in [5.74, 6) is -3.23. The number of alkyl halides is 1. The summed E-state index contributed by atoms with van der Waals surface area (Å²) < 4.78 is 28.8. The Labute approximate surface area is 186 Å². The lowest BCUT2D eigenvalue weighted by molar-refractivity contribution is -0.151. The van der Waals surface area contributed by atoms with Crippen LogP contribution in [0.1, 0.15) is 58.3 Å². The largest absolute Gasteiger partial charge is 0.295 e. The molecule has 7 atom stereocenters. The number of halogens is 1. The molecule has 2 N–H and O–H groups in total. The SMILES string of the molecule is CC1C(Cl)CCCC1S(=O)(=O)NC1CCC2C(=O)N(C3CCC(=O)NC3=O)C(=O)C2C1. The predicted octanol–water partition coefficient (Wildman–Crippen LogP) is 0.661. The normalized spacial score (nSPS) is 39.4. The van der Waals surface area contributed by atoms with Crippen molar-refractivity contribution in [2.75, 3.05) is 0 Å². The van der Waals surface area contributed by atoms with E-state index in [0.29, 0.717) is 19.3 Å². The maximum absolute atomic E-state index is 13.0. The van der Waals surface area contributed by atoms with Crippen molar-refractivity contribution >= 4 is 45.3 Å². The van der Waals surface area contributed by atoms with E-state index in [4.69, 9.17) is 11.6 Å². The summed E-state index contributed by atoms with van der Waals surface area (Å²) in [6.07, 6.45) is 3.37. The average molecular weight is 474 g/mol. The second-order valence-corrected chi connectivity index (χ2v) is 11.7. The Morgan fingerprint density at radius 3 is 2.42 bits per heavy atom. The van der Waals surface area contributed by atoms with E-state index < -0.39 is 62.8 Å². The van der Waals surface area contributed by atoms with Crippen molar-refractivity contribution < 1.29 is 27.6 Å². The zero-order chi connectivity index (χ0) is 22.5. The molecule has 4 rings (SSSR count). The highest BCUT2D eigenvalue weighted by molar-refractivity contribution is 7.90. The summed E-state index contributed by atoms with van der Waals surface area (Å²) >= 11 is 6.30. The molecule has 0 bridgehead atoms. The second-order valence-electron chi connectivity index (χ2n) is 9.24. The summed E-state index contributed by atoms with van der Waals surface area (Å²) in [6, 6.07) is -1.41. The zero-order valence-corrected chi connectivity index (χ0v) is 19.0. The van der Waals surface area contributed by atoms with Gasteiger partial charge in [-0.25, -0.2) is 13.1 Å². The molecule has 2 heterocycles. The lowest BCUT2D eigenvalue weighted by Gasteiger charge is -2.35. The van der Waals surface area contributed by atoms with Crippen LogP contribution in [0.3, 0.4) is 0 Å². The molecule has 0 aromatic heterocycles. The van der Waals surface area contributed by atoms with Crippen LogP contribution < -0.4 is 10.0 Å². The first-order valence-corrected chi connectivity index (χ1v) is 12.9. The van der Waals surface area contributed by atoms with Crippen molar-refractivity contribution in [3.05, 3.63) is 0 Å². The molecule has 2 aliphatic carbocycles. The van der Waals surface area contributed by atoms with E-state index in [1.165, 1.54) is 0 Å². The lowest BCUT2D eigenvalue weighted by Crippen LogP contribution is -2.54. The quantitative estimate of drug-likeness (QED) is 0.455. The molecule has 11 heteroatoms. The van der Waals surface area contributed by atoms with E-state index in [1.54, 1.807) is 0 Å². The third kappa shape index (κ3) is 4.14. The average Bonchev–Trinajstić information content (AvgIpc) is 2.94. The van der Waals surface area contributed by atoms with Gasteiger partial charge in [-0.1, -0.05) is 13.3 Å². The van der Waals surface area contributed by atoms with Gasteiger partial charge in [-0.2, -0.15) is 0 Å². The van der Waals surface area contributed by atoms with Gasteiger partial charge in [0.2, 0.25) is 33.7 Å². The molecule has 0 aromatic rings. The van der Waals surface area contributed by atoms with Crippen LogP contribution in [-0.4, -0.2) is 59.7 Å². The highest BCUT2D eigenvalue weighted by atomic mass is 35.5. The van der Waals surface area contributed by atoms with Gasteiger partial charge in [-0.15, -0.1) is 11.6 Å². The summed E-state index contributed by atoms with van der Waals surface area (Å²) in [6.45, 7) is 1.86. The summed E-state index contributed by atoms with van der Waals surface area (Å²) in [4.78, 5) is 50.5. The molecule has 2 aliphatic heterocycles. The molecule has 9 nitrogen and oxygen atoms in total. The number of nitrogens with zero attached hydrogens (tertiary/aromatic N) is 1. The van der Waals surface area contributed by atoms with E-state index >= 15 is 0 Å². The van der Waals surface area contributed by atoms with E-state index in [1.807, 2.05) is 6.92 Å². The Hall–Kier alpha value is -1.52. The maximum atomic E-state index is 13.0. The predicted molar refractivity (Wildman–Crippen MR) is 111 cm³/mol. The topological polar surface area (TPSA) is 130 Å². The smallest absolute Gasteiger partial charge is 0.249 e. The van der Waals surface area contributed by atoms with Gasteiger partial charge >= 0.3 is 0 Å². The third-order valence-electron chi connectivity index (χ3n) is 7.34. The summed E-state index contributed by atoms with van der Waals surface area (Å²) in [7, 11) is -3.62. The molecule has 4 amide bonds. The number of nitrogens with one attached hydrogen (secondary N) is 2. The number of rotatable bonds is 4. The van der Waals surface area contributed by atoms with Crippen molar-refractivity contribution in [3.63, 3.8) is 0 Å². The highest BCUT2D eigenvalue weighted by Gasteiger charge is 2.54. The minimum absolute atomic E-state index is 0.0758. The minimum Gasteiger partial charge on any atom is -0.295 e. The molecule has 4 fully saturated rings.